The molecule has 1 fully saturated rings. The molecule has 19 heavy (non-hydrogen) atoms. The van der Waals surface area contributed by atoms with Crippen molar-refractivity contribution in [3.63, 3.8) is 0 Å². The van der Waals surface area contributed by atoms with E-state index in [9.17, 15) is 0 Å². The van der Waals surface area contributed by atoms with E-state index in [1.54, 1.807) is 0 Å². The highest BCUT2D eigenvalue weighted by atomic mass is 79.9. The van der Waals surface area contributed by atoms with Gasteiger partial charge in [-0.25, -0.2) is 0 Å². The van der Waals surface area contributed by atoms with Gasteiger partial charge in [-0.15, -0.1) is 0 Å². The molecule has 0 atom stereocenters. The largest absolute Gasteiger partial charge is 0.378 e. The van der Waals surface area contributed by atoms with Crippen LogP contribution in [0.2, 0.25) is 0 Å². The quantitative estimate of drug-likeness (QED) is 0.883. The van der Waals surface area contributed by atoms with Crippen LogP contribution in [0.4, 0.5) is 5.69 Å². The Morgan fingerprint density at radius 2 is 2.00 bits per heavy atom. The summed E-state index contributed by atoms with van der Waals surface area (Å²) in [5.74, 6) is 0. The lowest BCUT2D eigenvalue weighted by Crippen LogP contribution is -2.36. The zero-order valence-electron chi connectivity index (χ0n) is 11.1. The maximum Gasteiger partial charge on any atom is 0.112 e. The van der Waals surface area contributed by atoms with E-state index in [0.717, 1.165) is 21.2 Å². The van der Waals surface area contributed by atoms with Crippen molar-refractivity contribution in [1.82, 2.24) is 9.97 Å². The van der Waals surface area contributed by atoms with Gasteiger partial charge in [-0.1, -0.05) is 19.3 Å². The first kappa shape index (κ1) is 12.9. The van der Waals surface area contributed by atoms with Crippen LogP contribution in [0.3, 0.4) is 0 Å². The van der Waals surface area contributed by atoms with Crippen LogP contribution >= 0.6 is 15.9 Å². The monoisotopic (exact) mass is 319 g/mol. The molecule has 0 radical (unpaired) electrons. The summed E-state index contributed by atoms with van der Waals surface area (Å²) in [5.41, 5.74) is 3.18. The Labute approximate surface area is 122 Å². The van der Waals surface area contributed by atoms with E-state index >= 15 is 0 Å². The van der Waals surface area contributed by atoms with Crippen LogP contribution in [0.5, 0.6) is 0 Å². The summed E-state index contributed by atoms with van der Waals surface area (Å²) in [4.78, 5) is 8.89. The van der Waals surface area contributed by atoms with Crippen LogP contribution in [-0.4, -0.2) is 15.5 Å². The smallest absolute Gasteiger partial charge is 0.112 e. The van der Waals surface area contributed by atoms with Gasteiger partial charge in [0.1, 0.15) is 5.52 Å². The minimum absolute atomic E-state index is 0.196. The van der Waals surface area contributed by atoms with Gasteiger partial charge in [0.25, 0.3) is 0 Å². The van der Waals surface area contributed by atoms with Crippen molar-refractivity contribution in [2.24, 2.45) is 0 Å². The summed E-state index contributed by atoms with van der Waals surface area (Å²) in [7, 11) is 0. The first-order chi connectivity index (χ1) is 9.16. The Balaban J connectivity index is 1.96. The molecule has 0 unspecified atom stereocenters. The summed E-state index contributed by atoms with van der Waals surface area (Å²) in [6, 6.07) is 4.04. The van der Waals surface area contributed by atoms with Crippen molar-refractivity contribution >= 4 is 32.7 Å². The van der Waals surface area contributed by atoms with Crippen molar-refractivity contribution in [2.45, 2.75) is 44.6 Å². The summed E-state index contributed by atoms with van der Waals surface area (Å²) in [6.45, 7) is 2.32. The van der Waals surface area contributed by atoms with Gasteiger partial charge in [-0.3, -0.25) is 9.97 Å². The second-order valence-electron chi connectivity index (χ2n) is 5.63. The molecule has 0 amide bonds. The molecular weight excluding hydrogens is 302 g/mol. The zero-order chi connectivity index (χ0) is 13.3. The molecule has 0 aliphatic heterocycles. The maximum absolute atomic E-state index is 4.51. The molecule has 0 aromatic carbocycles. The van der Waals surface area contributed by atoms with E-state index in [0.29, 0.717) is 0 Å². The number of hydrogen-bond acceptors (Lipinski definition) is 3. The highest BCUT2D eigenvalue weighted by molar-refractivity contribution is 9.10. The van der Waals surface area contributed by atoms with Gasteiger partial charge in [0.2, 0.25) is 0 Å². The second-order valence-corrected chi connectivity index (χ2v) is 6.54. The molecule has 1 aliphatic rings. The molecule has 4 heteroatoms. The Morgan fingerprint density at radius 1 is 1.21 bits per heavy atom. The van der Waals surface area contributed by atoms with Crippen LogP contribution in [0.15, 0.2) is 29.0 Å². The molecule has 1 aliphatic carbocycles. The van der Waals surface area contributed by atoms with Gasteiger partial charge < -0.3 is 5.32 Å². The van der Waals surface area contributed by atoms with E-state index in [1.165, 1.54) is 32.1 Å². The molecule has 100 valence electrons. The zero-order valence-corrected chi connectivity index (χ0v) is 12.7. The lowest BCUT2D eigenvalue weighted by molar-refractivity contribution is 0.349. The van der Waals surface area contributed by atoms with E-state index in [4.69, 9.17) is 0 Å². The average Bonchev–Trinajstić information content (AvgIpc) is 2.39. The fourth-order valence-corrected chi connectivity index (χ4v) is 3.21. The van der Waals surface area contributed by atoms with Gasteiger partial charge >= 0.3 is 0 Å². The number of rotatable bonds is 2. The van der Waals surface area contributed by atoms with Crippen LogP contribution in [-0.2, 0) is 0 Å². The van der Waals surface area contributed by atoms with Gasteiger partial charge in [0, 0.05) is 22.4 Å². The van der Waals surface area contributed by atoms with Crippen molar-refractivity contribution < 1.29 is 0 Å². The van der Waals surface area contributed by atoms with Crippen molar-refractivity contribution in [2.75, 3.05) is 5.32 Å². The van der Waals surface area contributed by atoms with Crippen LogP contribution in [0, 0.1) is 0 Å². The third-order valence-electron chi connectivity index (χ3n) is 3.94. The molecule has 0 saturated heterocycles. The van der Waals surface area contributed by atoms with Crippen molar-refractivity contribution in [3.8, 4) is 0 Å². The Morgan fingerprint density at radius 3 is 2.79 bits per heavy atom. The molecule has 1 saturated carbocycles. The van der Waals surface area contributed by atoms with Crippen LogP contribution in [0.25, 0.3) is 11.0 Å². The molecular formula is C15H18BrN3. The number of aromatic nitrogens is 2. The molecule has 2 aromatic rings. The molecule has 3 nitrogen and oxygen atoms in total. The first-order valence-electron chi connectivity index (χ1n) is 6.85. The van der Waals surface area contributed by atoms with E-state index in [1.807, 2.05) is 24.5 Å². The van der Waals surface area contributed by atoms with E-state index in [-0.39, 0.29) is 5.54 Å². The van der Waals surface area contributed by atoms with Crippen LogP contribution in [0.1, 0.15) is 39.0 Å². The molecule has 2 heterocycles. The molecule has 1 N–H and O–H groups in total. The fraction of sp³-hybridized carbons (Fsp3) is 0.467. The second kappa shape index (κ2) is 5.08. The highest BCUT2D eigenvalue weighted by Gasteiger charge is 2.27. The maximum atomic E-state index is 4.51. The summed E-state index contributed by atoms with van der Waals surface area (Å²) >= 11 is 3.44. The number of nitrogens with zero attached hydrogens (tertiary/aromatic N) is 2. The van der Waals surface area contributed by atoms with Gasteiger partial charge in [0.05, 0.1) is 11.2 Å². The minimum Gasteiger partial charge on any atom is -0.378 e. The molecule has 0 spiro atoms. The van der Waals surface area contributed by atoms with Crippen LogP contribution < -0.4 is 5.32 Å². The summed E-state index contributed by atoms with van der Waals surface area (Å²) < 4.78 is 0.966. The predicted octanol–water partition coefficient (Wildman–Crippen LogP) is 4.53. The Bertz CT molecular complexity index is 591. The number of anilines is 1. The SMILES string of the molecule is CC1(Nc2ccnc3cc(Br)cnc23)CCCCC1. The van der Waals surface area contributed by atoms with Crippen molar-refractivity contribution in [3.05, 3.63) is 29.0 Å². The number of halogens is 1. The number of pyridine rings is 2. The first-order valence-corrected chi connectivity index (χ1v) is 7.64. The Kier molecular flexibility index (Phi) is 3.44. The third kappa shape index (κ3) is 2.73. The predicted molar refractivity (Wildman–Crippen MR) is 82.4 cm³/mol. The molecule has 2 aromatic heterocycles. The van der Waals surface area contributed by atoms with Crippen molar-refractivity contribution in [1.29, 1.82) is 0 Å². The summed E-state index contributed by atoms with van der Waals surface area (Å²) in [5, 5.41) is 3.70. The van der Waals surface area contributed by atoms with E-state index < -0.39 is 0 Å². The lowest BCUT2D eigenvalue weighted by atomic mass is 9.83. The third-order valence-corrected chi connectivity index (χ3v) is 4.37. The Hall–Kier alpha value is -1.16. The average molecular weight is 320 g/mol. The number of nitrogens with one attached hydrogen (secondary N) is 1. The topological polar surface area (TPSA) is 37.8 Å². The molecule has 3 rings (SSSR count). The number of fused-ring (bicyclic) bond motifs is 1. The minimum atomic E-state index is 0.196. The van der Waals surface area contributed by atoms with Gasteiger partial charge in [-0.05, 0) is 47.8 Å². The summed E-state index contributed by atoms with van der Waals surface area (Å²) in [6.07, 6.45) is 10.1. The number of hydrogen-bond donors (Lipinski definition) is 1. The standard InChI is InChI=1S/C15H18BrN3/c1-15(6-3-2-4-7-15)19-12-5-8-17-13-9-11(16)10-18-14(12)13/h5,8-10H,2-4,6-7H2,1H3,(H,17,19). The fourth-order valence-electron chi connectivity index (χ4n) is 2.89. The normalized spacial score (nSPS) is 18.4. The molecule has 0 bridgehead atoms. The van der Waals surface area contributed by atoms with Gasteiger partial charge in [0.15, 0.2) is 0 Å². The van der Waals surface area contributed by atoms with E-state index in [2.05, 4.69) is 38.1 Å². The highest BCUT2D eigenvalue weighted by Crippen LogP contribution is 2.33. The van der Waals surface area contributed by atoms with Gasteiger partial charge in [-0.2, -0.15) is 0 Å². The lowest BCUT2D eigenvalue weighted by Gasteiger charge is -2.35.